The Morgan fingerprint density at radius 3 is 2.53 bits per heavy atom. The topological polar surface area (TPSA) is 71.7 Å². The molecule has 0 N–H and O–H groups in total. The van der Waals surface area contributed by atoms with Crippen LogP contribution in [0.25, 0.3) is 10.2 Å². The molecule has 0 spiro atoms. The number of nitrogens with zero attached hydrogens (tertiary/aromatic N) is 3. The van der Waals surface area contributed by atoms with Crippen LogP contribution in [0.15, 0.2) is 46.3 Å². The molecule has 1 aromatic heterocycles. The fraction of sp³-hybridized carbons (Fsp3) is 0.333. The summed E-state index contributed by atoms with van der Waals surface area (Å²) in [6.07, 6.45) is 1.08. The number of halogens is 1. The van der Waals surface area contributed by atoms with E-state index in [0.717, 1.165) is 10.2 Å². The van der Waals surface area contributed by atoms with E-state index in [1.807, 2.05) is 18.5 Å². The Bertz CT molecular complexity index is 1310. The van der Waals surface area contributed by atoms with Crippen molar-refractivity contribution in [3.05, 3.63) is 57.3 Å². The van der Waals surface area contributed by atoms with E-state index < -0.39 is 22.0 Å². The Hall–Kier alpha value is -2.00. The summed E-state index contributed by atoms with van der Waals surface area (Å²) in [6.45, 7) is 4.40. The molecule has 0 aliphatic carbocycles. The van der Waals surface area contributed by atoms with Crippen LogP contribution >= 0.6 is 22.9 Å². The molecule has 0 radical (unpaired) electrons. The summed E-state index contributed by atoms with van der Waals surface area (Å²) in [5, 5.41) is 0.459. The van der Waals surface area contributed by atoms with Crippen molar-refractivity contribution < 1.29 is 13.2 Å². The molecule has 1 atom stereocenters. The molecule has 3 aromatic rings. The van der Waals surface area contributed by atoms with Gasteiger partial charge < -0.3 is 4.57 Å². The van der Waals surface area contributed by atoms with Gasteiger partial charge in [0.15, 0.2) is 4.80 Å². The number of sulfonamides is 1. The minimum Gasteiger partial charge on any atom is -0.319 e. The van der Waals surface area contributed by atoms with Crippen LogP contribution in [0.4, 0.5) is 0 Å². The van der Waals surface area contributed by atoms with Gasteiger partial charge in [0.25, 0.3) is 5.91 Å². The monoisotopic (exact) mass is 463 g/mol. The molecule has 0 saturated carbocycles. The number of benzene rings is 2. The summed E-state index contributed by atoms with van der Waals surface area (Å²) >= 11 is 7.31. The lowest BCUT2D eigenvalue weighted by molar-refractivity contribution is -0.121. The van der Waals surface area contributed by atoms with Crippen molar-refractivity contribution in [2.45, 2.75) is 37.6 Å². The number of aryl methyl sites for hydroxylation is 3. The van der Waals surface area contributed by atoms with Gasteiger partial charge in [-0.2, -0.15) is 9.30 Å². The second kappa shape index (κ2) is 7.92. The predicted octanol–water partition coefficient (Wildman–Crippen LogP) is 3.79. The summed E-state index contributed by atoms with van der Waals surface area (Å²) in [6, 6.07) is 9.37. The Balaban J connectivity index is 1.70. The van der Waals surface area contributed by atoms with Gasteiger partial charge in [0, 0.05) is 18.6 Å². The fourth-order valence-electron chi connectivity index (χ4n) is 3.67. The number of fused-ring (bicyclic) bond motifs is 1. The van der Waals surface area contributed by atoms with Gasteiger partial charge in [-0.1, -0.05) is 22.9 Å². The standard InChI is InChI=1S/C21H22ClN3O3S2/c1-13-11-18-19(12-14(13)2)29-21(24(18)3)23-20(26)17-5-4-10-25(17)30(27,28)16-8-6-15(22)7-9-16/h6-9,11-12,17H,4-5,10H2,1-3H3. The summed E-state index contributed by atoms with van der Waals surface area (Å²) in [7, 11) is -1.93. The van der Waals surface area contributed by atoms with E-state index >= 15 is 0 Å². The third-order valence-corrected chi connectivity index (χ3v) is 8.81. The zero-order chi connectivity index (χ0) is 21.6. The molecule has 6 nitrogen and oxygen atoms in total. The van der Waals surface area contributed by atoms with Crippen molar-refractivity contribution in [2.75, 3.05) is 6.54 Å². The van der Waals surface area contributed by atoms with E-state index in [2.05, 4.69) is 24.0 Å². The molecule has 1 amide bonds. The van der Waals surface area contributed by atoms with Crippen LogP contribution in [0.1, 0.15) is 24.0 Å². The highest BCUT2D eigenvalue weighted by Gasteiger charge is 2.39. The van der Waals surface area contributed by atoms with Crippen molar-refractivity contribution in [1.29, 1.82) is 0 Å². The number of aromatic nitrogens is 1. The van der Waals surface area contributed by atoms with E-state index in [9.17, 15) is 13.2 Å². The smallest absolute Gasteiger partial charge is 0.266 e. The lowest BCUT2D eigenvalue weighted by Gasteiger charge is -2.21. The zero-order valence-corrected chi connectivity index (χ0v) is 19.3. The number of carbonyl (C=O) groups is 1. The van der Waals surface area contributed by atoms with Gasteiger partial charge in [0.1, 0.15) is 6.04 Å². The summed E-state index contributed by atoms with van der Waals surface area (Å²) in [5.74, 6) is -0.430. The van der Waals surface area contributed by atoms with Gasteiger partial charge in [-0.05, 0) is 74.2 Å². The summed E-state index contributed by atoms with van der Waals surface area (Å²) in [5.41, 5.74) is 3.36. The normalized spacial score (nSPS) is 18.4. The molecule has 9 heteroatoms. The number of hydrogen-bond acceptors (Lipinski definition) is 4. The second-order valence-corrected chi connectivity index (χ2v) is 10.9. The minimum absolute atomic E-state index is 0.130. The van der Waals surface area contributed by atoms with E-state index in [-0.39, 0.29) is 4.90 Å². The predicted molar refractivity (Wildman–Crippen MR) is 119 cm³/mol. The van der Waals surface area contributed by atoms with E-state index in [1.54, 1.807) is 0 Å². The molecule has 0 bridgehead atoms. The van der Waals surface area contributed by atoms with Gasteiger partial charge in [-0.3, -0.25) is 4.79 Å². The summed E-state index contributed by atoms with van der Waals surface area (Å²) < 4.78 is 30.4. The molecular weight excluding hydrogens is 442 g/mol. The Morgan fingerprint density at radius 1 is 1.17 bits per heavy atom. The van der Waals surface area contributed by atoms with Crippen molar-refractivity contribution in [2.24, 2.45) is 12.0 Å². The van der Waals surface area contributed by atoms with Crippen LogP contribution in [-0.2, 0) is 21.9 Å². The maximum atomic E-state index is 13.1. The van der Waals surface area contributed by atoms with Crippen molar-refractivity contribution in [3.63, 3.8) is 0 Å². The molecule has 30 heavy (non-hydrogen) atoms. The highest BCUT2D eigenvalue weighted by atomic mass is 35.5. The lowest BCUT2D eigenvalue weighted by atomic mass is 10.1. The third-order valence-electron chi connectivity index (χ3n) is 5.54. The van der Waals surface area contributed by atoms with Crippen LogP contribution in [0.2, 0.25) is 5.02 Å². The molecule has 1 fully saturated rings. The fourth-order valence-corrected chi connectivity index (χ4v) is 6.55. The number of rotatable bonds is 3. The van der Waals surface area contributed by atoms with Gasteiger partial charge in [-0.25, -0.2) is 8.42 Å². The highest BCUT2D eigenvalue weighted by Crippen LogP contribution is 2.28. The largest absolute Gasteiger partial charge is 0.319 e. The van der Waals surface area contributed by atoms with E-state index in [0.29, 0.717) is 29.2 Å². The Morgan fingerprint density at radius 2 is 1.83 bits per heavy atom. The first-order valence-electron chi connectivity index (χ1n) is 9.61. The maximum absolute atomic E-state index is 13.1. The maximum Gasteiger partial charge on any atom is 0.266 e. The van der Waals surface area contributed by atoms with Crippen LogP contribution in [0.5, 0.6) is 0 Å². The van der Waals surface area contributed by atoms with Crippen LogP contribution in [-0.4, -0.2) is 35.8 Å². The zero-order valence-electron chi connectivity index (χ0n) is 16.9. The molecule has 1 saturated heterocycles. The van der Waals surface area contributed by atoms with Gasteiger partial charge in [0.05, 0.1) is 15.1 Å². The molecule has 4 rings (SSSR count). The first kappa shape index (κ1) is 21.2. The van der Waals surface area contributed by atoms with Crippen molar-refractivity contribution >= 4 is 49.1 Å². The summed E-state index contributed by atoms with van der Waals surface area (Å²) in [4.78, 5) is 18.0. The van der Waals surface area contributed by atoms with E-state index in [1.165, 1.54) is 51.0 Å². The molecule has 2 aromatic carbocycles. The quantitative estimate of drug-likeness (QED) is 0.593. The van der Waals surface area contributed by atoms with Crippen molar-refractivity contribution in [1.82, 2.24) is 8.87 Å². The number of thiazole rings is 1. The average molecular weight is 464 g/mol. The molecular formula is C21H22ClN3O3S2. The van der Waals surface area contributed by atoms with Gasteiger partial charge >= 0.3 is 0 Å². The number of hydrogen-bond donors (Lipinski definition) is 0. The SMILES string of the molecule is Cc1cc2sc(=NC(=O)C3CCCN3S(=O)(=O)c3ccc(Cl)cc3)n(C)c2cc1C. The Labute approximate surface area is 184 Å². The minimum atomic E-state index is -3.80. The highest BCUT2D eigenvalue weighted by molar-refractivity contribution is 7.89. The van der Waals surface area contributed by atoms with Gasteiger partial charge in [-0.15, -0.1) is 0 Å². The molecule has 1 unspecified atom stereocenters. The van der Waals surface area contributed by atoms with E-state index in [4.69, 9.17) is 11.6 Å². The third kappa shape index (κ3) is 3.73. The number of carbonyl (C=O) groups excluding carboxylic acids is 1. The molecule has 1 aliphatic heterocycles. The molecule has 158 valence electrons. The van der Waals surface area contributed by atoms with Crippen LogP contribution in [0, 0.1) is 13.8 Å². The Kier molecular flexibility index (Phi) is 5.61. The lowest BCUT2D eigenvalue weighted by Crippen LogP contribution is -2.40. The van der Waals surface area contributed by atoms with Gasteiger partial charge in [0.2, 0.25) is 10.0 Å². The second-order valence-electron chi connectivity index (χ2n) is 7.53. The first-order valence-corrected chi connectivity index (χ1v) is 12.2. The first-order chi connectivity index (χ1) is 14.2. The molecule has 2 heterocycles. The number of amides is 1. The average Bonchev–Trinajstić information content (AvgIpc) is 3.30. The molecule has 1 aliphatic rings. The van der Waals surface area contributed by atoms with Crippen LogP contribution < -0.4 is 4.80 Å². The van der Waals surface area contributed by atoms with Crippen LogP contribution in [0.3, 0.4) is 0 Å². The van der Waals surface area contributed by atoms with Crippen molar-refractivity contribution in [3.8, 4) is 0 Å².